The summed E-state index contributed by atoms with van der Waals surface area (Å²) < 4.78 is 13.0. The average Bonchev–Trinajstić information content (AvgIpc) is 2.96. The van der Waals surface area contributed by atoms with Crippen molar-refractivity contribution in [3.8, 4) is 0 Å². The number of carbonyl (C=O) groups is 1. The molecular weight excluding hydrogens is 488 g/mol. The van der Waals surface area contributed by atoms with Gasteiger partial charge in [-0.15, -0.1) is 0 Å². The van der Waals surface area contributed by atoms with E-state index in [0.29, 0.717) is 12.1 Å². The number of fused-ring (bicyclic) bond motifs is 1. The minimum absolute atomic E-state index is 0.00750. The highest BCUT2D eigenvalue weighted by Gasteiger charge is 2.33. The van der Waals surface area contributed by atoms with Gasteiger partial charge in [-0.2, -0.15) is 0 Å². The lowest BCUT2D eigenvalue weighted by atomic mass is 9.98. The molecule has 0 aliphatic carbocycles. The smallest absolute Gasteiger partial charge is 0.221 e. The van der Waals surface area contributed by atoms with Crippen molar-refractivity contribution in [2.45, 2.75) is 51.4 Å². The zero-order chi connectivity index (χ0) is 27.4. The maximum Gasteiger partial charge on any atom is 0.221 e. The number of amides is 1. The largest absolute Gasteiger partial charge is 0.392 e. The van der Waals surface area contributed by atoms with Gasteiger partial charge in [0.05, 0.1) is 18.8 Å². The number of aliphatic hydroxyl groups excluding tert-OH is 1. The lowest BCUT2D eigenvalue weighted by Gasteiger charge is -2.39. The zero-order valence-electron chi connectivity index (χ0n) is 22.7. The first-order valence-electron chi connectivity index (χ1n) is 13.5. The van der Waals surface area contributed by atoms with Crippen LogP contribution in [0.1, 0.15) is 61.0 Å². The summed E-state index contributed by atoms with van der Waals surface area (Å²) in [7, 11) is 2.14. The second-order valence-corrected chi connectivity index (χ2v) is 10.4. The fourth-order valence-electron chi connectivity index (χ4n) is 5.20. The van der Waals surface area contributed by atoms with Crippen molar-refractivity contribution in [3.63, 3.8) is 0 Å². The molecule has 0 spiro atoms. The van der Waals surface area contributed by atoms with Crippen LogP contribution in [0, 0.1) is 0 Å². The number of nitrogens with zero attached hydrogens (tertiary/aromatic N) is 1. The number of aliphatic hydroxyl groups is 1. The van der Waals surface area contributed by atoms with Gasteiger partial charge in [0.1, 0.15) is 0 Å². The van der Waals surface area contributed by atoms with Crippen molar-refractivity contribution < 1.29 is 19.4 Å². The fraction of sp³-hybridized carbons (Fsp3) is 0.303. The van der Waals surface area contributed by atoms with E-state index in [0.717, 1.165) is 23.2 Å². The Morgan fingerprint density at radius 2 is 1.72 bits per heavy atom. The fourth-order valence-corrected chi connectivity index (χ4v) is 5.20. The van der Waals surface area contributed by atoms with Crippen LogP contribution in [0.25, 0.3) is 10.8 Å². The molecular formula is C33H36N2O4. The van der Waals surface area contributed by atoms with Gasteiger partial charge in [0.15, 0.2) is 6.29 Å². The van der Waals surface area contributed by atoms with Gasteiger partial charge >= 0.3 is 0 Å². The highest BCUT2D eigenvalue weighted by Crippen LogP contribution is 2.39. The van der Waals surface area contributed by atoms with E-state index in [4.69, 9.17) is 9.47 Å². The molecule has 1 fully saturated rings. The quantitative estimate of drug-likeness (QED) is 0.274. The van der Waals surface area contributed by atoms with Crippen molar-refractivity contribution in [3.05, 3.63) is 113 Å². The van der Waals surface area contributed by atoms with E-state index in [1.54, 1.807) is 0 Å². The summed E-state index contributed by atoms with van der Waals surface area (Å²) in [6.07, 6.45) is -0.127. The van der Waals surface area contributed by atoms with E-state index >= 15 is 0 Å². The molecule has 39 heavy (non-hydrogen) atoms. The van der Waals surface area contributed by atoms with E-state index in [9.17, 15) is 9.90 Å². The maximum absolute atomic E-state index is 11.6. The van der Waals surface area contributed by atoms with Gasteiger partial charge in [0.25, 0.3) is 0 Å². The van der Waals surface area contributed by atoms with Crippen LogP contribution in [0.15, 0.2) is 91.0 Å². The number of hydrogen-bond acceptors (Lipinski definition) is 5. The second-order valence-electron chi connectivity index (χ2n) is 10.4. The summed E-state index contributed by atoms with van der Waals surface area (Å²) in [5.41, 5.74) is 4.74. The van der Waals surface area contributed by atoms with E-state index in [2.05, 4.69) is 66.7 Å². The number of likely N-dealkylation sites (N-methyl/N-ethyl adjacent to an activating group) is 1. The van der Waals surface area contributed by atoms with Gasteiger partial charge < -0.3 is 19.9 Å². The monoisotopic (exact) mass is 524 g/mol. The van der Waals surface area contributed by atoms with Crippen LogP contribution in [-0.2, 0) is 20.9 Å². The van der Waals surface area contributed by atoms with Crippen LogP contribution < -0.4 is 5.32 Å². The standard InChI is InChI=1S/C33H36N2O4/c1-22(27-16-15-25-7-4-5-8-28(25)17-27)35(3)20-31-19-32(26-13-11-24(21-36)12-14-26)39-33(38-31)29-9-6-10-30(18-29)34-23(2)37/h4-18,22,31-33,36H,19-21H2,1-3H3,(H,34,37)/t22-,31+,32-,33-/m1/s1. The van der Waals surface area contributed by atoms with Gasteiger partial charge in [-0.05, 0) is 59.6 Å². The molecule has 0 radical (unpaired) electrons. The molecule has 1 aliphatic rings. The average molecular weight is 525 g/mol. The Hall–Kier alpha value is -3.55. The number of carbonyl (C=O) groups excluding carboxylic acids is 1. The molecule has 6 heteroatoms. The van der Waals surface area contributed by atoms with E-state index in [-0.39, 0.29) is 30.8 Å². The van der Waals surface area contributed by atoms with Crippen molar-refractivity contribution in [1.29, 1.82) is 0 Å². The third-order valence-corrected chi connectivity index (χ3v) is 7.50. The predicted octanol–water partition coefficient (Wildman–Crippen LogP) is 6.53. The van der Waals surface area contributed by atoms with Gasteiger partial charge in [-0.25, -0.2) is 0 Å². The number of anilines is 1. The Balaban J connectivity index is 1.37. The van der Waals surface area contributed by atoms with E-state index < -0.39 is 6.29 Å². The molecule has 1 saturated heterocycles. The molecule has 6 nitrogen and oxygen atoms in total. The Bertz CT molecular complexity index is 1420. The maximum atomic E-state index is 11.6. The van der Waals surface area contributed by atoms with Crippen LogP contribution >= 0.6 is 0 Å². The number of benzene rings is 4. The third-order valence-electron chi connectivity index (χ3n) is 7.50. The summed E-state index contributed by atoms with van der Waals surface area (Å²) in [4.78, 5) is 13.9. The molecule has 0 saturated carbocycles. The van der Waals surface area contributed by atoms with Crippen LogP contribution in [-0.4, -0.2) is 35.6 Å². The van der Waals surface area contributed by atoms with Crippen molar-refractivity contribution in [2.75, 3.05) is 18.9 Å². The van der Waals surface area contributed by atoms with Crippen LogP contribution in [0.5, 0.6) is 0 Å². The molecule has 202 valence electrons. The number of nitrogens with one attached hydrogen (secondary N) is 1. The second kappa shape index (κ2) is 12.1. The van der Waals surface area contributed by atoms with E-state index in [1.165, 1.54) is 23.3 Å². The molecule has 4 aromatic carbocycles. The summed E-state index contributed by atoms with van der Waals surface area (Å²) in [5.74, 6) is -0.123. The normalized spacial score (nSPS) is 20.2. The number of hydrogen-bond donors (Lipinski definition) is 2. The lowest BCUT2D eigenvalue weighted by Crippen LogP contribution is -2.38. The zero-order valence-corrected chi connectivity index (χ0v) is 22.7. The SMILES string of the molecule is CC(=O)Nc1cccc([C@@H]2O[C@H](CN(C)[C@H](C)c3ccc4ccccc4c3)C[C@H](c3ccc(CO)cc3)O2)c1. The van der Waals surface area contributed by atoms with Crippen molar-refractivity contribution >= 4 is 22.4 Å². The first-order chi connectivity index (χ1) is 18.9. The van der Waals surface area contributed by atoms with Crippen molar-refractivity contribution in [2.24, 2.45) is 0 Å². The molecule has 1 aliphatic heterocycles. The Labute approximate surface area is 230 Å². The molecule has 2 N–H and O–H groups in total. The van der Waals surface area contributed by atoms with Gasteiger partial charge in [-0.3, -0.25) is 9.69 Å². The lowest BCUT2D eigenvalue weighted by molar-refractivity contribution is -0.253. The molecule has 0 unspecified atom stereocenters. The highest BCUT2D eigenvalue weighted by atomic mass is 16.7. The van der Waals surface area contributed by atoms with Crippen LogP contribution in [0.3, 0.4) is 0 Å². The first-order valence-corrected chi connectivity index (χ1v) is 13.5. The summed E-state index contributed by atoms with van der Waals surface area (Å²) in [5, 5.41) is 14.8. The molecule has 1 amide bonds. The van der Waals surface area contributed by atoms with Gasteiger partial charge in [0.2, 0.25) is 5.91 Å². The Morgan fingerprint density at radius 3 is 2.46 bits per heavy atom. The minimum Gasteiger partial charge on any atom is -0.392 e. The molecule has 4 aromatic rings. The predicted molar refractivity (Wildman–Crippen MR) is 154 cm³/mol. The highest BCUT2D eigenvalue weighted by molar-refractivity contribution is 5.88. The third kappa shape index (κ3) is 6.54. The topological polar surface area (TPSA) is 71.0 Å². The first kappa shape index (κ1) is 27.0. The van der Waals surface area contributed by atoms with Crippen LogP contribution in [0.2, 0.25) is 0 Å². The molecule has 1 heterocycles. The summed E-state index contributed by atoms with van der Waals surface area (Å²) >= 11 is 0. The van der Waals surface area contributed by atoms with Gasteiger partial charge in [-0.1, -0.05) is 72.8 Å². The molecule has 0 bridgehead atoms. The molecule has 4 atom stereocenters. The molecule has 5 rings (SSSR count). The van der Waals surface area contributed by atoms with Crippen LogP contribution in [0.4, 0.5) is 5.69 Å². The summed E-state index contributed by atoms with van der Waals surface area (Å²) in [6, 6.07) is 30.8. The molecule has 0 aromatic heterocycles. The summed E-state index contributed by atoms with van der Waals surface area (Å²) in [6.45, 7) is 4.45. The van der Waals surface area contributed by atoms with Gasteiger partial charge in [0, 0.05) is 37.2 Å². The Morgan fingerprint density at radius 1 is 0.949 bits per heavy atom. The number of rotatable bonds is 8. The van der Waals surface area contributed by atoms with E-state index in [1.807, 2.05) is 48.5 Å². The number of ether oxygens (including phenoxy) is 2. The minimum atomic E-state index is -0.579. The Kier molecular flexibility index (Phi) is 8.38. The van der Waals surface area contributed by atoms with Crippen molar-refractivity contribution in [1.82, 2.24) is 4.90 Å².